The molecule has 1 fully saturated rings. The highest BCUT2D eigenvalue weighted by molar-refractivity contribution is 7.89. The molecule has 0 aliphatic carbocycles. The van der Waals surface area contributed by atoms with Crippen LogP contribution in [0.2, 0.25) is 0 Å². The van der Waals surface area contributed by atoms with E-state index in [1.54, 1.807) is 24.3 Å². The molecular weight excluding hydrogens is 447 g/mol. The lowest BCUT2D eigenvalue weighted by atomic mass is 9.95. The second-order valence-corrected chi connectivity index (χ2v) is 9.19. The molecule has 0 saturated carbocycles. The summed E-state index contributed by atoms with van der Waals surface area (Å²) in [6, 6.07) is 16.0. The number of nitrogens with zero attached hydrogens (tertiary/aromatic N) is 1. The number of aliphatic hydroxyl groups is 1. The second kappa shape index (κ2) is 8.27. The van der Waals surface area contributed by atoms with Crippen molar-refractivity contribution >= 4 is 33.2 Å². The van der Waals surface area contributed by atoms with Crippen LogP contribution >= 0.6 is 0 Å². The minimum Gasteiger partial charge on any atom is -0.507 e. The van der Waals surface area contributed by atoms with Crippen molar-refractivity contribution in [3.8, 4) is 0 Å². The summed E-state index contributed by atoms with van der Waals surface area (Å²) in [5.74, 6) is -2.71. The van der Waals surface area contributed by atoms with Gasteiger partial charge in [-0.3, -0.25) is 14.5 Å². The minimum atomic E-state index is -3.96. The molecular formula is C24H19FN2O5S. The maximum absolute atomic E-state index is 13.6. The van der Waals surface area contributed by atoms with Gasteiger partial charge in [-0.2, -0.15) is 0 Å². The van der Waals surface area contributed by atoms with Crippen molar-refractivity contribution in [2.75, 3.05) is 4.90 Å². The van der Waals surface area contributed by atoms with Gasteiger partial charge in [-0.15, -0.1) is 0 Å². The molecule has 3 N–H and O–H groups in total. The Morgan fingerprint density at radius 2 is 1.52 bits per heavy atom. The fourth-order valence-corrected chi connectivity index (χ4v) is 4.24. The number of rotatable bonds is 4. The minimum absolute atomic E-state index is 0.161. The normalized spacial score (nSPS) is 18.0. The summed E-state index contributed by atoms with van der Waals surface area (Å²) >= 11 is 0. The molecule has 7 nitrogen and oxygen atoms in total. The van der Waals surface area contributed by atoms with Gasteiger partial charge in [0.25, 0.3) is 11.7 Å². The predicted molar refractivity (Wildman–Crippen MR) is 120 cm³/mol. The molecule has 1 aliphatic rings. The van der Waals surface area contributed by atoms with E-state index >= 15 is 0 Å². The number of anilines is 1. The lowest BCUT2D eigenvalue weighted by Crippen LogP contribution is -2.29. The maximum Gasteiger partial charge on any atom is 0.300 e. The molecule has 9 heteroatoms. The zero-order chi connectivity index (χ0) is 23.9. The highest BCUT2D eigenvalue weighted by Gasteiger charge is 2.47. The largest absolute Gasteiger partial charge is 0.507 e. The van der Waals surface area contributed by atoms with Crippen LogP contribution in [0.5, 0.6) is 0 Å². The van der Waals surface area contributed by atoms with E-state index in [9.17, 15) is 27.5 Å². The first-order chi connectivity index (χ1) is 15.6. The number of hydrogen-bond donors (Lipinski definition) is 2. The van der Waals surface area contributed by atoms with Crippen molar-refractivity contribution < 1.29 is 27.5 Å². The SMILES string of the molecule is Cc1ccc(C(O)=C2C(=O)C(=O)N(c3ccc(S(N)(=O)=O)cc3)C2c2ccc(F)cc2)cc1. The summed E-state index contributed by atoms with van der Waals surface area (Å²) in [7, 11) is -3.96. The fourth-order valence-electron chi connectivity index (χ4n) is 3.72. The van der Waals surface area contributed by atoms with Crippen LogP contribution < -0.4 is 10.0 Å². The highest BCUT2D eigenvalue weighted by atomic mass is 32.2. The van der Waals surface area contributed by atoms with Crippen molar-refractivity contribution in [2.24, 2.45) is 5.14 Å². The molecule has 1 amide bonds. The molecule has 168 valence electrons. The molecule has 1 saturated heterocycles. The molecule has 1 atom stereocenters. The third kappa shape index (κ3) is 4.15. The number of halogens is 1. The van der Waals surface area contributed by atoms with Gasteiger partial charge in [0.05, 0.1) is 16.5 Å². The van der Waals surface area contributed by atoms with Crippen LogP contribution in [-0.4, -0.2) is 25.2 Å². The van der Waals surface area contributed by atoms with E-state index < -0.39 is 33.6 Å². The summed E-state index contributed by atoms with van der Waals surface area (Å²) in [5, 5.41) is 16.2. The summed E-state index contributed by atoms with van der Waals surface area (Å²) in [4.78, 5) is 27.1. The van der Waals surface area contributed by atoms with E-state index in [0.29, 0.717) is 11.1 Å². The number of carbonyl (C=O) groups is 2. The summed E-state index contributed by atoms with van der Waals surface area (Å²) in [6.45, 7) is 1.87. The lowest BCUT2D eigenvalue weighted by molar-refractivity contribution is -0.132. The highest BCUT2D eigenvalue weighted by Crippen LogP contribution is 2.42. The first-order valence-electron chi connectivity index (χ1n) is 9.84. The van der Waals surface area contributed by atoms with Crippen LogP contribution in [0.15, 0.2) is 83.3 Å². The first-order valence-corrected chi connectivity index (χ1v) is 11.4. The van der Waals surface area contributed by atoms with E-state index in [2.05, 4.69) is 0 Å². The van der Waals surface area contributed by atoms with Crippen molar-refractivity contribution in [3.05, 3.63) is 101 Å². The van der Waals surface area contributed by atoms with Crippen LogP contribution in [0.1, 0.15) is 22.7 Å². The molecule has 33 heavy (non-hydrogen) atoms. The number of primary sulfonamides is 1. The fraction of sp³-hybridized carbons (Fsp3) is 0.0833. The van der Waals surface area contributed by atoms with Gasteiger partial charge in [0.1, 0.15) is 11.6 Å². The van der Waals surface area contributed by atoms with Crippen LogP contribution in [-0.2, 0) is 19.6 Å². The maximum atomic E-state index is 13.6. The first kappa shape index (κ1) is 22.4. The molecule has 0 spiro atoms. The van der Waals surface area contributed by atoms with Crippen LogP contribution in [0, 0.1) is 12.7 Å². The number of aliphatic hydroxyl groups excluding tert-OH is 1. The van der Waals surface area contributed by atoms with E-state index in [1.807, 2.05) is 6.92 Å². The molecule has 1 unspecified atom stereocenters. The van der Waals surface area contributed by atoms with E-state index in [0.717, 1.165) is 10.5 Å². The van der Waals surface area contributed by atoms with Crippen molar-refractivity contribution in [3.63, 3.8) is 0 Å². The third-order valence-electron chi connectivity index (χ3n) is 5.40. The second-order valence-electron chi connectivity index (χ2n) is 7.63. The predicted octanol–water partition coefficient (Wildman–Crippen LogP) is 3.41. The Hall–Kier alpha value is -3.82. The molecule has 3 aromatic rings. The Labute approximate surface area is 189 Å². The number of amides is 1. The van der Waals surface area contributed by atoms with E-state index in [-0.39, 0.29) is 21.9 Å². The lowest BCUT2D eigenvalue weighted by Gasteiger charge is -2.25. The molecule has 0 radical (unpaired) electrons. The average molecular weight is 466 g/mol. The zero-order valence-corrected chi connectivity index (χ0v) is 18.2. The Morgan fingerprint density at radius 3 is 2.06 bits per heavy atom. The van der Waals surface area contributed by atoms with Crippen LogP contribution in [0.3, 0.4) is 0 Å². The molecule has 3 aromatic carbocycles. The monoisotopic (exact) mass is 466 g/mol. The van der Waals surface area contributed by atoms with Crippen molar-refractivity contribution in [2.45, 2.75) is 17.9 Å². The van der Waals surface area contributed by atoms with E-state index in [1.165, 1.54) is 48.5 Å². The molecule has 4 rings (SSSR count). The molecule has 1 heterocycles. The molecule has 0 aromatic heterocycles. The summed E-state index contributed by atoms with van der Waals surface area (Å²) < 4.78 is 36.8. The van der Waals surface area contributed by atoms with Gasteiger partial charge in [0.15, 0.2) is 0 Å². The molecule has 0 bridgehead atoms. The van der Waals surface area contributed by atoms with Gasteiger partial charge in [0, 0.05) is 11.3 Å². The van der Waals surface area contributed by atoms with Crippen molar-refractivity contribution in [1.82, 2.24) is 0 Å². The number of benzene rings is 3. The number of sulfonamides is 1. The quantitative estimate of drug-likeness (QED) is 0.347. The number of hydrogen-bond acceptors (Lipinski definition) is 5. The number of Topliss-reactive ketones (excluding diaryl/α,β-unsaturated/α-hetero) is 1. The van der Waals surface area contributed by atoms with Gasteiger partial charge >= 0.3 is 0 Å². The number of aryl methyl sites for hydroxylation is 1. The standard InChI is InChI=1S/C24H19FN2O5S/c1-14-2-4-16(5-3-14)22(28)20-21(15-6-8-17(25)9-7-15)27(24(30)23(20)29)18-10-12-19(13-11-18)33(26,31)32/h2-13,21,28H,1H3,(H2,26,31,32). The number of carbonyl (C=O) groups excluding carboxylic acids is 2. The van der Waals surface area contributed by atoms with Gasteiger partial charge in [-0.1, -0.05) is 42.0 Å². The van der Waals surface area contributed by atoms with Crippen molar-refractivity contribution in [1.29, 1.82) is 0 Å². The van der Waals surface area contributed by atoms with Crippen LogP contribution in [0.4, 0.5) is 10.1 Å². The number of ketones is 1. The Balaban J connectivity index is 1.91. The molecule has 1 aliphatic heterocycles. The van der Waals surface area contributed by atoms with Gasteiger partial charge in [0.2, 0.25) is 10.0 Å². The van der Waals surface area contributed by atoms with Crippen LogP contribution in [0.25, 0.3) is 5.76 Å². The summed E-state index contributed by atoms with van der Waals surface area (Å²) in [5.41, 5.74) is 1.72. The summed E-state index contributed by atoms with van der Waals surface area (Å²) in [6.07, 6.45) is 0. The zero-order valence-electron chi connectivity index (χ0n) is 17.4. The Morgan fingerprint density at radius 1 is 0.939 bits per heavy atom. The third-order valence-corrected chi connectivity index (χ3v) is 6.33. The Kier molecular flexibility index (Phi) is 5.61. The topological polar surface area (TPSA) is 118 Å². The van der Waals surface area contributed by atoms with Gasteiger partial charge in [-0.25, -0.2) is 17.9 Å². The number of nitrogens with two attached hydrogens (primary N) is 1. The van der Waals surface area contributed by atoms with E-state index in [4.69, 9.17) is 5.14 Å². The van der Waals surface area contributed by atoms with Gasteiger partial charge < -0.3 is 5.11 Å². The Bertz CT molecular complexity index is 1380. The van der Waals surface area contributed by atoms with Gasteiger partial charge in [-0.05, 0) is 48.9 Å². The average Bonchev–Trinajstić information content (AvgIpc) is 3.04. The smallest absolute Gasteiger partial charge is 0.300 e.